The topological polar surface area (TPSA) is 38.7 Å². The van der Waals surface area contributed by atoms with Crippen LogP contribution in [0.5, 0.6) is 0 Å². The highest BCUT2D eigenvalue weighted by molar-refractivity contribution is 7.13. The Labute approximate surface area is 90.9 Å². The Kier molecular flexibility index (Phi) is 2.36. The Morgan fingerprint density at radius 2 is 2.00 bits per heavy atom. The van der Waals surface area contributed by atoms with Crippen LogP contribution in [0.4, 0.5) is 0 Å². The van der Waals surface area contributed by atoms with Crippen molar-refractivity contribution in [2.24, 2.45) is 0 Å². The highest BCUT2D eigenvalue weighted by atomic mass is 32.1. The lowest BCUT2D eigenvalue weighted by molar-refractivity contribution is 0.586. The van der Waals surface area contributed by atoms with Gasteiger partial charge in [0.25, 0.3) is 0 Å². The molecule has 0 aliphatic carbocycles. The van der Waals surface area contributed by atoms with E-state index in [0.717, 1.165) is 15.7 Å². The maximum absolute atomic E-state index is 4.55. The molecule has 14 heavy (non-hydrogen) atoms. The Bertz CT molecular complexity index is 411. The molecule has 2 rings (SSSR count). The summed E-state index contributed by atoms with van der Waals surface area (Å²) < 4.78 is 0. The molecule has 74 valence electrons. The average Bonchev–Trinajstić information content (AvgIpc) is 2.73. The minimum absolute atomic E-state index is 0.119. The molecule has 0 aliphatic heterocycles. The second kappa shape index (κ2) is 3.40. The van der Waals surface area contributed by atoms with Gasteiger partial charge < -0.3 is 0 Å². The van der Waals surface area contributed by atoms with Crippen molar-refractivity contribution in [3.63, 3.8) is 0 Å². The van der Waals surface area contributed by atoms with Crippen LogP contribution < -0.4 is 0 Å². The van der Waals surface area contributed by atoms with E-state index in [1.165, 1.54) is 11.3 Å². The van der Waals surface area contributed by atoms with Crippen LogP contribution in [0, 0.1) is 0 Å². The maximum atomic E-state index is 4.55. The molecular weight excluding hydrogens is 214 g/mol. The molecular formula is C9H11N3S2. The summed E-state index contributed by atoms with van der Waals surface area (Å²) in [5.74, 6) is 0. The standard InChI is InChI=1S/C9H11N3S2/c1-9(2,3)8-11-6(4-13-8)7-12-10-5-14-7/h4-5H,1-3H3. The van der Waals surface area contributed by atoms with Crippen LogP contribution in [-0.4, -0.2) is 15.2 Å². The summed E-state index contributed by atoms with van der Waals surface area (Å²) in [6.45, 7) is 6.49. The molecule has 0 atom stereocenters. The second-order valence-corrected chi connectivity index (χ2v) is 5.72. The number of hydrogen-bond acceptors (Lipinski definition) is 5. The van der Waals surface area contributed by atoms with Gasteiger partial charge in [0.05, 0.1) is 5.01 Å². The number of rotatable bonds is 1. The van der Waals surface area contributed by atoms with Gasteiger partial charge in [-0.1, -0.05) is 32.1 Å². The van der Waals surface area contributed by atoms with Gasteiger partial charge in [-0.2, -0.15) is 0 Å². The lowest BCUT2D eigenvalue weighted by Gasteiger charge is -2.13. The molecule has 0 spiro atoms. The first-order valence-corrected chi connectivity index (χ1v) is 6.06. The van der Waals surface area contributed by atoms with Gasteiger partial charge in [-0.05, 0) is 0 Å². The maximum Gasteiger partial charge on any atom is 0.166 e. The summed E-state index contributed by atoms with van der Waals surface area (Å²) in [7, 11) is 0. The molecule has 5 heteroatoms. The summed E-state index contributed by atoms with van der Waals surface area (Å²) in [6.07, 6.45) is 0. The van der Waals surface area contributed by atoms with E-state index in [1.807, 2.05) is 5.38 Å². The number of thiazole rings is 1. The molecule has 0 fully saturated rings. The van der Waals surface area contributed by atoms with Crippen LogP contribution in [-0.2, 0) is 5.41 Å². The van der Waals surface area contributed by atoms with Crippen molar-refractivity contribution in [1.29, 1.82) is 0 Å². The van der Waals surface area contributed by atoms with Crippen LogP contribution in [0.15, 0.2) is 10.9 Å². The molecule has 0 bridgehead atoms. The zero-order valence-electron chi connectivity index (χ0n) is 8.31. The predicted octanol–water partition coefficient (Wildman–Crippen LogP) is 2.96. The third kappa shape index (κ3) is 1.83. The van der Waals surface area contributed by atoms with E-state index in [2.05, 4.69) is 36.0 Å². The van der Waals surface area contributed by atoms with Gasteiger partial charge >= 0.3 is 0 Å². The van der Waals surface area contributed by atoms with Gasteiger partial charge in [0.15, 0.2) is 5.01 Å². The van der Waals surface area contributed by atoms with Crippen molar-refractivity contribution in [3.8, 4) is 10.7 Å². The third-order valence-corrected chi connectivity index (χ3v) is 3.71. The van der Waals surface area contributed by atoms with Crippen molar-refractivity contribution in [3.05, 3.63) is 15.9 Å². The van der Waals surface area contributed by atoms with Gasteiger partial charge in [-0.3, -0.25) is 0 Å². The van der Waals surface area contributed by atoms with Gasteiger partial charge in [0, 0.05) is 10.8 Å². The summed E-state index contributed by atoms with van der Waals surface area (Å²) in [5.41, 5.74) is 2.79. The van der Waals surface area contributed by atoms with Crippen LogP contribution >= 0.6 is 22.7 Å². The van der Waals surface area contributed by atoms with Gasteiger partial charge in [0.1, 0.15) is 11.2 Å². The average molecular weight is 225 g/mol. The summed E-state index contributed by atoms with van der Waals surface area (Å²) in [4.78, 5) is 4.55. The molecule has 0 aliphatic rings. The van der Waals surface area contributed by atoms with Gasteiger partial charge in [-0.15, -0.1) is 21.5 Å². The first-order valence-electron chi connectivity index (χ1n) is 4.30. The molecule has 3 nitrogen and oxygen atoms in total. The molecule has 0 saturated heterocycles. The van der Waals surface area contributed by atoms with Crippen molar-refractivity contribution >= 4 is 22.7 Å². The molecule has 0 aromatic carbocycles. The van der Waals surface area contributed by atoms with Crippen LogP contribution in [0.25, 0.3) is 10.7 Å². The monoisotopic (exact) mass is 225 g/mol. The quantitative estimate of drug-likeness (QED) is 0.749. The smallest absolute Gasteiger partial charge is 0.166 e. The van der Waals surface area contributed by atoms with E-state index >= 15 is 0 Å². The van der Waals surface area contributed by atoms with Crippen molar-refractivity contribution in [2.45, 2.75) is 26.2 Å². The Morgan fingerprint density at radius 3 is 2.50 bits per heavy atom. The fourth-order valence-electron chi connectivity index (χ4n) is 1.00. The van der Waals surface area contributed by atoms with E-state index in [0.29, 0.717) is 0 Å². The SMILES string of the molecule is CC(C)(C)c1nc(-c2nncs2)cs1. The first-order chi connectivity index (χ1) is 6.57. The van der Waals surface area contributed by atoms with Gasteiger partial charge in [0.2, 0.25) is 0 Å². The molecule has 0 N–H and O–H groups in total. The van der Waals surface area contributed by atoms with E-state index in [-0.39, 0.29) is 5.41 Å². The highest BCUT2D eigenvalue weighted by Crippen LogP contribution is 2.29. The van der Waals surface area contributed by atoms with Crippen molar-refractivity contribution in [2.75, 3.05) is 0 Å². The normalized spacial score (nSPS) is 11.9. The van der Waals surface area contributed by atoms with Crippen LogP contribution in [0.2, 0.25) is 0 Å². The van der Waals surface area contributed by atoms with E-state index in [9.17, 15) is 0 Å². The number of aromatic nitrogens is 3. The summed E-state index contributed by atoms with van der Waals surface area (Å²) in [5, 5.41) is 11.9. The summed E-state index contributed by atoms with van der Waals surface area (Å²) >= 11 is 3.20. The van der Waals surface area contributed by atoms with E-state index in [1.54, 1.807) is 16.8 Å². The number of hydrogen-bond donors (Lipinski definition) is 0. The second-order valence-electron chi connectivity index (χ2n) is 4.03. The van der Waals surface area contributed by atoms with Crippen LogP contribution in [0.1, 0.15) is 25.8 Å². The van der Waals surface area contributed by atoms with Gasteiger partial charge in [-0.25, -0.2) is 4.98 Å². The lowest BCUT2D eigenvalue weighted by atomic mass is 9.98. The minimum atomic E-state index is 0.119. The fourth-order valence-corrected chi connectivity index (χ4v) is 2.48. The highest BCUT2D eigenvalue weighted by Gasteiger charge is 2.19. The molecule has 0 unspecified atom stereocenters. The zero-order valence-corrected chi connectivity index (χ0v) is 9.95. The molecule has 0 amide bonds. The molecule has 2 aromatic heterocycles. The number of nitrogens with zero attached hydrogens (tertiary/aromatic N) is 3. The Hall–Kier alpha value is -0.810. The molecule has 2 heterocycles. The molecule has 0 radical (unpaired) electrons. The lowest BCUT2D eigenvalue weighted by Crippen LogP contribution is -2.10. The largest absolute Gasteiger partial charge is 0.238 e. The van der Waals surface area contributed by atoms with Crippen molar-refractivity contribution < 1.29 is 0 Å². The Morgan fingerprint density at radius 1 is 1.21 bits per heavy atom. The fraction of sp³-hybridized carbons (Fsp3) is 0.444. The van der Waals surface area contributed by atoms with Crippen LogP contribution in [0.3, 0.4) is 0 Å². The zero-order chi connectivity index (χ0) is 10.2. The predicted molar refractivity (Wildman–Crippen MR) is 59.7 cm³/mol. The van der Waals surface area contributed by atoms with Crippen molar-refractivity contribution in [1.82, 2.24) is 15.2 Å². The minimum Gasteiger partial charge on any atom is -0.238 e. The Balaban J connectivity index is 2.36. The van der Waals surface area contributed by atoms with E-state index < -0.39 is 0 Å². The van der Waals surface area contributed by atoms with E-state index in [4.69, 9.17) is 0 Å². The summed E-state index contributed by atoms with van der Waals surface area (Å²) in [6, 6.07) is 0. The molecule has 0 saturated carbocycles. The molecule has 2 aromatic rings. The third-order valence-electron chi connectivity index (χ3n) is 1.72. The first kappa shape index (κ1) is 9.73.